The maximum Gasteiger partial charge on any atom is 0.215 e. The largest absolute Gasteiger partial charge is 0.473 e. The van der Waals surface area contributed by atoms with Crippen LogP contribution >= 0.6 is 0 Å². The molecule has 29 heavy (non-hydrogen) atoms. The molecule has 0 amide bonds. The molecular formula is C24H22N4O. The number of aromatic nitrogens is 3. The van der Waals surface area contributed by atoms with Gasteiger partial charge in [-0.05, 0) is 61.2 Å². The van der Waals surface area contributed by atoms with Crippen LogP contribution in [0.4, 0.5) is 0 Å². The normalized spacial score (nSPS) is 10.8. The van der Waals surface area contributed by atoms with Crippen LogP contribution in [0.3, 0.4) is 0 Å². The number of benzene rings is 2. The van der Waals surface area contributed by atoms with Crippen LogP contribution in [0.5, 0.6) is 5.88 Å². The third-order valence-corrected chi connectivity index (χ3v) is 5.02. The van der Waals surface area contributed by atoms with Crippen LogP contribution in [0, 0.1) is 25.2 Å². The highest BCUT2D eigenvalue weighted by atomic mass is 16.5. The fourth-order valence-corrected chi connectivity index (χ4v) is 3.49. The molecule has 2 heterocycles. The molecule has 0 aliphatic carbocycles. The molecule has 144 valence electrons. The van der Waals surface area contributed by atoms with Crippen LogP contribution in [0.15, 0.2) is 54.6 Å². The first-order chi connectivity index (χ1) is 14.1. The molecule has 0 aliphatic heterocycles. The number of aryl methyl sites for hydroxylation is 3. The molecule has 0 bridgehead atoms. The van der Waals surface area contributed by atoms with Crippen molar-refractivity contribution in [1.82, 2.24) is 14.8 Å². The van der Waals surface area contributed by atoms with E-state index in [0.29, 0.717) is 18.1 Å². The van der Waals surface area contributed by atoms with Gasteiger partial charge in [-0.3, -0.25) is 0 Å². The van der Waals surface area contributed by atoms with E-state index in [-0.39, 0.29) is 0 Å². The molecule has 0 spiro atoms. The number of fused-ring (bicyclic) bond motifs is 1. The molecule has 0 unspecified atom stereocenters. The molecule has 5 nitrogen and oxygen atoms in total. The molecule has 5 heteroatoms. The fourth-order valence-electron chi connectivity index (χ4n) is 3.49. The molecule has 0 atom stereocenters. The minimum atomic E-state index is 0.353. The van der Waals surface area contributed by atoms with Crippen LogP contribution in [-0.2, 0) is 13.0 Å². The highest BCUT2D eigenvalue weighted by molar-refractivity contribution is 5.84. The van der Waals surface area contributed by atoms with Gasteiger partial charge in [0.05, 0.1) is 23.0 Å². The Morgan fingerprint density at radius 2 is 1.83 bits per heavy atom. The number of nitriles is 1. The van der Waals surface area contributed by atoms with Crippen molar-refractivity contribution in [2.75, 3.05) is 0 Å². The number of ether oxygens (including phenoxy) is 1. The van der Waals surface area contributed by atoms with Crippen molar-refractivity contribution in [3.63, 3.8) is 0 Å². The Hall–Kier alpha value is -3.65. The van der Waals surface area contributed by atoms with Gasteiger partial charge in [-0.2, -0.15) is 15.3 Å². The van der Waals surface area contributed by atoms with E-state index in [9.17, 15) is 0 Å². The predicted octanol–water partition coefficient (Wildman–Crippen LogP) is 5.05. The van der Waals surface area contributed by atoms with Crippen LogP contribution in [0.1, 0.15) is 34.9 Å². The van der Waals surface area contributed by atoms with Gasteiger partial charge in [0, 0.05) is 11.5 Å². The molecule has 2 aromatic carbocycles. The van der Waals surface area contributed by atoms with E-state index in [2.05, 4.69) is 37.3 Å². The van der Waals surface area contributed by atoms with Crippen LogP contribution < -0.4 is 4.74 Å². The second-order valence-electron chi connectivity index (χ2n) is 7.09. The Balaban J connectivity index is 1.70. The minimum absolute atomic E-state index is 0.353. The summed E-state index contributed by atoms with van der Waals surface area (Å²) in [7, 11) is 0. The van der Waals surface area contributed by atoms with E-state index in [1.807, 2.05) is 42.8 Å². The van der Waals surface area contributed by atoms with Gasteiger partial charge in [-0.15, -0.1) is 0 Å². The standard InChI is InChI=1S/C24H22N4O/c1-4-18-8-10-21(11-9-18)28-24-23(17(3)27-28)16(2)12-22(26-24)29-15-20-7-5-6-19(13-20)14-25/h5-13H,4,15H2,1-3H3. The third-order valence-electron chi connectivity index (χ3n) is 5.02. The Labute approximate surface area is 170 Å². The second kappa shape index (κ2) is 7.76. The average Bonchev–Trinajstić information content (AvgIpc) is 3.09. The first-order valence-electron chi connectivity index (χ1n) is 9.67. The number of hydrogen-bond acceptors (Lipinski definition) is 4. The summed E-state index contributed by atoms with van der Waals surface area (Å²) in [6.45, 7) is 6.54. The molecule has 0 fully saturated rings. The van der Waals surface area contributed by atoms with Crippen molar-refractivity contribution in [2.24, 2.45) is 0 Å². The maximum atomic E-state index is 9.06. The Morgan fingerprint density at radius 1 is 1.03 bits per heavy atom. The predicted molar refractivity (Wildman–Crippen MR) is 113 cm³/mol. The summed E-state index contributed by atoms with van der Waals surface area (Å²) in [5.41, 5.74) is 6.62. The lowest BCUT2D eigenvalue weighted by Gasteiger charge is -2.09. The van der Waals surface area contributed by atoms with Crippen molar-refractivity contribution in [2.45, 2.75) is 33.8 Å². The van der Waals surface area contributed by atoms with Crippen molar-refractivity contribution in [3.8, 4) is 17.6 Å². The van der Waals surface area contributed by atoms with E-state index in [1.165, 1.54) is 5.56 Å². The molecule has 2 aromatic heterocycles. The summed E-state index contributed by atoms with van der Waals surface area (Å²) in [5.74, 6) is 0.545. The highest BCUT2D eigenvalue weighted by Gasteiger charge is 2.15. The van der Waals surface area contributed by atoms with Crippen LogP contribution in [0.25, 0.3) is 16.7 Å². The topological polar surface area (TPSA) is 63.7 Å². The van der Waals surface area contributed by atoms with Crippen molar-refractivity contribution >= 4 is 11.0 Å². The third kappa shape index (κ3) is 3.70. The molecule has 0 N–H and O–H groups in total. The Morgan fingerprint density at radius 3 is 2.55 bits per heavy atom. The number of rotatable bonds is 5. The van der Waals surface area contributed by atoms with Gasteiger partial charge in [0.15, 0.2) is 5.65 Å². The number of hydrogen-bond donors (Lipinski definition) is 0. The zero-order chi connectivity index (χ0) is 20.4. The summed E-state index contributed by atoms with van der Waals surface area (Å²) >= 11 is 0. The second-order valence-corrected chi connectivity index (χ2v) is 7.09. The van der Waals surface area contributed by atoms with Gasteiger partial charge in [0.25, 0.3) is 0 Å². The van der Waals surface area contributed by atoms with Gasteiger partial charge < -0.3 is 4.74 Å². The van der Waals surface area contributed by atoms with Gasteiger partial charge in [-0.25, -0.2) is 4.68 Å². The van der Waals surface area contributed by atoms with E-state index in [1.54, 1.807) is 6.07 Å². The lowest BCUT2D eigenvalue weighted by Crippen LogP contribution is -2.01. The summed E-state index contributed by atoms with van der Waals surface area (Å²) in [6, 6.07) is 19.9. The van der Waals surface area contributed by atoms with Gasteiger partial charge in [0.2, 0.25) is 5.88 Å². The van der Waals surface area contributed by atoms with Crippen molar-refractivity contribution in [1.29, 1.82) is 5.26 Å². The monoisotopic (exact) mass is 382 g/mol. The number of nitrogens with zero attached hydrogens (tertiary/aromatic N) is 4. The van der Waals surface area contributed by atoms with E-state index in [0.717, 1.165) is 40.0 Å². The van der Waals surface area contributed by atoms with E-state index in [4.69, 9.17) is 20.1 Å². The zero-order valence-electron chi connectivity index (χ0n) is 16.8. The average molecular weight is 382 g/mol. The van der Waals surface area contributed by atoms with Crippen molar-refractivity contribution < 1.29 is 4.74 Å². The first kappa shape index (κ1) is 18.7. The maximum absolute atomic E-state index is 9.06. The Kier molecular flexibility index (Phi) is 5.01. The van der Waals surface area contributed by atoms with E-state index < -0.39 is 0 Å². The Bertz CT molecular complexity index is 1220. The molecule has 0 aliphatic rings. The van der Waals surface area contributed by atoms with Crippen LogP contribution in [0.2, 0.25) is 0 Å². The SMILES string of the molecule is CCc1ccc(-n2nc(C)c3c(C)cc(OCc4cccc(C#N)c4)nc32)cc1. The molecule has 4 aromatic rings. The fraction of sp³-hybridized carbons (Fsp3) is 0.208. The molecule has 4 rings (SSSR count). The highest BCUT2D eigenvalue weighted by Crippen LogP contribution is 2.27. The molecule has 0 saturated carbocycles. The molecular weight excluding hydrogens is 360 g/mol. The van der Waals surface area contributed by atoms with Crippen LogP contribution in [-0.4, -0.2) is 14.8 Å². The van der Waals surface area contributed by atoms with E-state index >= 15 is 0 Å². The summed E-state index contributed by atoms with van der Waals surface area (Å²) in [5, 5.41) is 14.8. The summed E-state index contributed by atoms with van der Waals surface area (Å²) < 4.78 is 7.83. The first-order valence-corrected chi connectivity index (χ1v) is 9.67. The molecule has 0 saturated heterocycles. The van der Waals surface area contributed by atoms with Crippen molar-refractivity contribution in [3.05, 3.63) is 82.5 Å². The quantitative estimate of drug-likeness (QED) is 0.484. The smallest absolute Gasteiger partial charge is 0.215 e. The van der Waals surface area contributed by atoms with Gasteiger partial charge in [0.1, 0.15) is 6.61 Å². The van der Waals surface area contributed by atoms with Gasteiger partial charge >= 0.3 is 0 Å². The zero-order valence-corrected chi connectivity index (χ0v) is 16.8. The molecule has 0 radical (unpaired) electrons. The van der Waals surface area contributed by atoms with Gasteiger partial charge in [-0.1, -0.05) is 31.2 Å². The minimum Gasteiger partial charge on any atom is -0.473 e. The lowest BCUT2D eigenvalue weighted by molar-refractivity contribution is 0.294. The summed E-state index contributed by atoms with van der Waals surface area (Å²) in [6.07, 6.45) is 1.00. The summed E-state index contributed by atoms with van der Waals surface area (Å²) in [4.78, 5) is 4.75. The lowest BCUT2D eigenvalue weighted by atomic mass is 10.1. The number of pyridine rings is 1.